The summed E-state index contributed by atoms with van der Waals surface area (Å²) in [5.74, 6) is -3.56. The lowest BCUT2D eigenvalue weighted by Crippen LogP contribution is -2.29. The first-order valence-corrected chi connectivity index (χ1v) is 7.73. The van der Waals surface area contributed by atoms with E-state index in [0.29, 0.717) is 0 Å². The third kappa shape index (κ3) is 5.59. The number of ether oxygens (including phenoxy) is 1. The van der Waals surface area contributed by atoms with Gasteiger partial charge in [-0.05, 0) is 39.8 Å². The largest absolute Gasteiger partial charge is 0.465 e. The minimum absolute atomic E-state index is 0.0418. The van der Waals surface area contributed by atoms with Gasteiger partial charge in [0.2, 0.25) is 0 Å². The molecule has 0 fully saturated rings. The second-order valence-electron chi connectivity index (χ2n) is 5.79. The summed E-state index contributed by atoms with van der Waals surface area (Å²) in [4.78, 5) is 28.8. The Balaban J connectivity index is 3.26. The van der Waals surface area contributed by atoms with E-state index in [1.54, 1.807) is 6.92 Å². The number of aliphatic imine (C=N–C) groups is 1. The molecule has 4 nitrogen and oxygen atoms in total. The Bertz CT molecular complexity index is 639. The summed E-state index contributed by atoms with van der Waals surface area (Å²) in [6.07, 6.45) is 1.21. The molecule has 1 rings (SSSR count). The molecule has 0 aliphatic carbocycles. The number of esters is 1. The van der Waals surface area contributed by atoms with Crippen LogP contribution in [0.15, 0.2) is 17.1 Å². The first-order chi connectivity index (χ1) is 10.6. The summed E-state index contributed by atoms with van der Waals surface area (Å²) in [7, 11) is 0. The van der Waals surface area contributed by atoms with Crippen LogP contribution in [-0.4, -0.2) is 30.1 Å². The van der Waals surface area contributed by atoms with E-state index in [1.165, 1.54) is 6.21 Å². The number of benzene rings is 1. The SMILES string of the molecule is CCOC(=O)C(C=NC(C)(C)C)C(=O)c1cc(F)c(Cl)cc1Cl. The lowest BCUT2D eigenvalue weighted by atomic mass is 9.98. The van der Waals surface area contributed by atoms with Crippen molar-refractivity contribution in [2.45, 2.75) is 33.2 Å². The van der Waals surface area contributed by atoms with Crippen molar-refractivity contribution in [2.24, 2.45) is 10.9 Å². The topological polar surface area (TPSA) is 55.7 Å². The molecule has 0 spiro atoms. The van der Waals surface area contributed by atoms with Crippen LogP contribution in [0.2, 0.25) is 10.0 Å². The Morgan fingerprint density at radius 1 is 1.30 bits per heavy atom. The Labute approximate surface area is 144 Å². The summed E-state index contributed by atoms with van der Waals surface area (Å²) in [5, 5.41) is -0.248. The third-order valence-corrected chi connectivity index (χ3v) is 3.31. The summed E-state index contributed by atoms with van der Waals surface area (Å²) >= 11 is 11.6. The fourth-order valence-electron chi connectivity index (χ4n) is 1.64. The number of Topliss-reactive ketones (excluding diaryl/α,β-unsaturated/α-hetero) is 1. The van der Waals surface area contributed by atoms with Crippen molar-refractivity contribution in [2.75, 3.05) is 6.61 Å². The quantitative estimate of drug-likeness (QED) is 0.257. The predicted octanol–water partition coefficient (Wildman–Crippen LogP) is 4.36. The Kier molecular flexibility index (Phi) is 6.71. The van der Waals surface area contributed by atoms with E-state index >= 15 is 0 Å². The fourth-order valence-corrected chi connectivity index (χ4v) is 2.12. The molecule has 0 radical (unpaired) electrons. The van der Waals surface area contributed by atoms with Crippen LogP contribution in [-0.2, 0) is 9.53 Å². The van der Waals surface area contributed by atoms with E-state index in [0.717, 1.165) is 12.1 Å². The van der Waals surface area contributed by atoms with Crippen LogP contribution in [0.5, 0.6) is 0 Å². The van der Waals surface area contributed by atoms with Gasteiger partial charge in [-0.25, -0.2) is 4.39 Å². The van der Waals surface area contributed by atoms with E-state index in [-0.39, 0.29) is 22.2 Å². The number of hydrogen-bond acceptors (Lipinski definition) is 4. The van der Waals surface area contributed by atoms with Gasteiger partial charge in [0.05, 0.1) is 22.2 Å². The smallest absolute Gasteiger partial charge is 0.322 e. The summed E-state index contributed by atoms with van der Waals surface area (Å²) in [6, 6.07) is 2.03. The van der Waals surface area contributed by atoms with Gasteiger partial charge >= 0.3 is 5.97 Å². The Morgan fingerprint density at radius 3 is 2.43 bits per heavy atom. The molecule has 0 aromatic heterocycles. The van der Waals surface area contributed by atoms with Gasteiger partial charge in [0.25, 0.3) is 0 Å². The highest BCUT2D eigenvalue weighted by Gasteiger charge is 2.30. The molecule has 126 valence electrons. The summed E-state index contributed by atoms with van der Waals surface area (Å²) in [5.41, 5.74) is -0.632. The number of halogens is 3. The second-order valence-corrected chi connectivity index (χ2v) is 6.60. The van der Waals surface area contributed by atoms with E-state index in [4.69, 9.17) is 27.9 Å². The van der Waals surface area contributed by atoms with E-state index in [9.17, 15) is 14.0 Å². The first kappa shape index (κ1) is 19.6. The molecule has 0 amide bonds. The van der Waals surface area contributed by atoms with Crippen LogP contribution < -0.4 is 0 Å². The van der Waals surface area contributed by atoms with Crippen molar-refractivity contribution in [3.63, 3.8) is 0 Å². The minimum Gasteiger partial charge on any atom is -0.465 e. The molecule has 0 N–H and O–H groups in total. The van der Waals surface area contributed by atoms with Gasteiger partial charge in [0.15, 0.2) is 11.7 Å². The molecule has 0 aliphatic rings. The molecule has 0 aliphatic heterocycles. The van der Waals surface area contributed by atoms with Crippen molar-refractivity contribution >= 4 is 41.2 Å². The molecule has 23 heavy (non-hydrogen) atoms. The Hall–Kier alpha value is -1.46. The molecule has 0 saturated heterocycles. The maximum absolute atomic E-state index is 13.6. The van der Waals surface area contributed by atoms with Crippen LogP contribution in [0.25, 0.3) is 0 Å². The molecule has 0 bridgehead atoms. The highest BCUT2D eigenvalue weighted by Crippen LogP contribution is 2.26. The van der Waals surface area contributed by atoms with Crippen LogP contribution >= 0.6 is 23.2 Å². The number of ketones is 1. The third-order valence-electron chi connectivity index (χ3n) is 2.71. The lowest BCUT2D eigenvalue weighted by Gasteiger charge is -2.15. The lowest BCUT2D eigenvalue weighted by molar-refractivity contribution is -0.143. The van der Waals surface area contributed by atoms with Crippen molar-refractivity contribution in [1.29, 1.82) is 0 Å². The number of carbonyl (C=O) groups is 2. The number of rotatable bonds is 5. The second kappa shape index (κ2) is 7.88. The average molecular weight is 362 g/mol. The van der Waals surface area contributed by atoms with Gasteiger partial charge in [-0.1, -0.05) is 23.2 Å². The van der Waals surface area contributed by atoms with Gasteiger partial charge in [-0.2, -0.15) is 0 Å². The zero-order valence-corrected chi connectivity index (χ0v) is 14.8. The predicted molar refractivity (Wildman–Crippen MR) is 89.1 cm³/mol. The molecular weight excluding hydrogens is 344 g/mol. The highest BCUT2D eigenvalue weighted by molar-refractivity contribution is 6.37. The van der Waals surface area contributed by atoms with Crippen LogP contribution in [0.4, 0.5) is 4.39 Å². The average Bonchev–Trinajstić information content (AvgIpc) is 2.41. The molecule has 1 aromatic carbocycles. The van der Waals surface area contributed by atoms with Gasteiger partial charge in [-0.3, -0.25) is 14.6 Å². The highest BCUT2D eigenvalue weighted by atomic mass is 35.5. The van der Waals surface area contributed by atoms with Crippen molar-refractivity contribution in [1.82, 2.24) is 0 Å². The molecule has 7 heteroatoms. The normalized spacial score (nSPS) is 13.2. The molecule has 1 aromatic rings. The standard InChI is InChI=1S/C16H18Cl2FNO3/c1-5-23-15(22)10(8-20-16(2,3)4)14(21)9-6-13(19)12(18)7-11(9)17/h6-8,10H,5H2,1-4H3. The van der Waals surface area contributed by atoms with Gasteiger partial charge in [-0.15, -0.1) is 0 Å². The van der Waals surface area contributed by atoms with E-state index in [2.05, 4.69) is 4.99 Å². The molecule has 0 heterocycles. The van der Waals surface area contributed by atoms with Crippen LogP contribution in [0.3, 0.4) is 0 Å². The zero-order valence-electron chi connectivity index (χ0n) is 13.3. The zero-order chi connectivity index (χ0) is 17.8. The summed E-state index contributed by atoms with van der Waals surface area (Å²) < 4.78 is 18.5. The molecular formula is C16H18Cl2FNO3. The monoisotopic (exact) mass is 361 g/mol. The van der Waals surface area contributed by atoms with E-state index < -0.39 is 29.0 Å². The van der Waals surface area contributed by atoms with E-state index in [1.807, 2.05) is 20.8 Å². The number of carbonyl (C=O) groups excluding carboxylic acids is 2. The van der Waals surface area contributed by atoms with Gasteiger partial charge < -0.3 is 4.74 Å². The number of nitrogens with zero attached hydrogens (tertiary/aromatic N) is 1. The first-order valence-electron chi connectivity index (χ1n) is 6.97. The van der Waals surface area contributed by atoms with Crippen LogP contribution in [0.1, 0.15) is 38.1 Å². The van der Waals surface area contributed by atoms with Gasteiger partial charge in [0.1, 0.15) is 5.82 Å². The van der Waals surface area contributed by atoms with Gasteiger partial charge in [0, 0.05) is 11.8 Å². The molecule has 1 unspecified atom stereocenters. The van der Waals surface area contributed by atoms with Crippen molar-refractivity contribution in [3.8, 4) is 0 Å². The molecule has 1 atom stereocenters. The minimum atomic E-state index is -1.30. The van der Waals surface area contributed by atoms with Crippen LogP contribution in [0, 0.1) is 11.7 Å². The number of hydrogen-bond donors (Lipinski definition) is 0. The Morgan fingerprint density at radius 2 is 1.91 bits per heavy atom. The molecule has 0 saturated carbocycles. The maximum Gasteiger partial charge on any atom is 0.322 e. The van der Waals surface area contributed by atoms with Crippen molar-refractivity contribution < 1.29 is 18.7 Å². The van der Waals surface area contributed by atoms with Crippen molar-refractivity contribution in [3.05, 3.63) is 33.6 Å². The summed E-state index contributed by atoms with van der Waals surface area (Å²) in [6.45, 7) is 7.16. The fraction of sp³-hybridized carbons (Fsp3) is 0.438. The maximum atomic E-state index is 13.6.